The third kappa shape index (κ3) is 3.45. The second-order valence-electron chi connectivity index (χ2n) is 8.21. The summed E-state index contributed by atoms with van der Waals surface area (Å²) in [4.78, 5) is 28.1. The Balaban J connectivity index is 1.31. The molecule has 3 aliphatic rings. The maximum Gasteiger partial charge on any atom is 0.255 e. The van der Waals surface area contributed by atoms with Crippen LogP contribution in [0, 0.1) is 18.8 Å². The highest BCUT2D eigenvalue weighted by molar-refractivity contribution is 9.10. The van der Waals surface area contributed by atoms with E-state index in [4.69, 9.17) is 9.47 Å². The van der Waals surface area contributed by atoms with E-state index in [2.05, 4.69) is 21.2 Å². The highest BCUT2D eigenvalue weighted by atomic mass is 79.9. The van der Waals surface area contributed by atoms with Gasteiger partial charge in [0.25, 0.3) is 11.8 Å². The summed E-state index contributed by atoms with van der Waals surface area (Å²) in [5, 5.41) is 3.03. The number of benzene rings is 2. The maximum absolute atomic E-state index is 13.2. The van der Waals surface area contributed by atoms with Crippen LogP contribution in [0.5, 0.6) is 11.5 Å². The van der Waals surface area contributed by atoms with Crippen molar-refractivity contribution in [1.82, 2.24) is 10.2 Å². The topological polar surface area (TPSA) is 67.9 Å². The van der Waals surface area contributed by atoms with E-state index < -0.39 is 0 Å². The number of nitrogens with zero attached hydrogens (tertiary/aromatic N) is 1. The van der Waals surface area contributed by atoms with Crippen LogP contribution < -0.4 is 14.8 Å². The molecule has 5 rings (SSSR count). The van der Waals surface area contributed by atoms with Crippen molar-refractivity contribution in [2.75, 3.05) is 26.3 Å². The predicted octanol–water partition coefficient (Wildman–Crippen LogP) is 3.42. The molecule has 0 unspecified atom stereocenters. The van der Waals surface area contributed by atoms with E-state index in [0.29, 0.717) is 54.2 Å². The molecular formula is C23H23BrN2O4. The number of ether oxygens (including phenoxy) is 2. The molecule has 30 heavy (non-hydrogen) atoms. The second kappa shape index (κ2) is 7.61. The van der Waals surface area contributed by atoms with Crippen molar-refractivity contribution in [2.45, 2.75) is 19.4 Å². The van der Waals surface area contributed by atoms with Crippen LogP contribution in [0.2, 0.25) is 0 Å². The molecule has 0 radical (unpaired) electrons. The molecule has 0 spiro atoms. The summed E-state index contributed by atoms with van der Waals surface area (Å²) in [5.74, 6) is 1.91. The Kier molecular flexibility index (Phi) is 4.93. The van der Waals surface area contributed by atoms with E-state index in [9.17, 15) is 9.59 Å². The Hall–Kier alpha value is -2.54. The fourth-order valence-corrected chi connectivity index (χ4v) is 4.99. The molecule has 0 aromatic heterocycles. The largest absolute Gasteiger partial charge is 0.486 e. The van der Waals surface area contributed by atoms with Crippen molar-refractivity contribution in [1.29, 1.82) is 0 Å². The number of fused-ring (bicyclic) bond motifs is 2. The van der Waals surface area contributed by atoms with Crippen LogP contribution in [0.4, 0.5) is 0 Å². The molecule has 2 aliphatic heterocycles. The van der Waals surface area contributed by atoms with Crippen LogP contribution in [-0.4, -0.2) is 49.1 Å². The van der Waals surface area contributed by atoms with Crippen LogP contribution >= 0.6 is 15.9 Å². The first-order valence-corrected chi connectivity index (χ1v) is 11.1. The molecule has 7 heteroatoms. The Morgan fingerprint density at radius 1 is 1.17 bits per heavy atom. The summed E-state index contributed by atoms with van der Waals surface area (Å²) < 4.78 is 12.0. The first kappa shape index (κ1) is 19.4. The number of rotatable bonds is 4. The molecular weight excluding hydrogens is 448 g/mol. The minimum Gasteiger partial charge on any atom is -0.486 e. The molecule has 1 aliphatic carbocycles. The highest BCUT2D eigenvalue weighted by Crippen LogP contribution is 2.50. The van der Waals surface area contributed by atoms with Gasteiger partial charge in [-0.3, -0.25) is 9.59 Å². The lowest BCUT2D eigenvalue weighted by Crippen LogP contribution is -2.45. The van der Waals surface area contributed by atoms with E-state index in [-0.39, 0.29) is 17.9 Å². The lowest BCUT2D eigenvalue weighted by Gasteiger charge is -2.28. The number of likely N-dealkylation sites (tertiary alicyclic amines) is 1. The first-order chi connectivity index (χ1) is 14.5. The quantitative estimate of drug-likeness (QED) is 0.743. The summed E-state index contributed by atoms with van der Waals surface area (Å²) in [7, 11) is 0. The molecule has 3 atom stereocenters. The molecule has 2 aromatic carbocycles. The smallest absolute Gasteiger partial charge is 0.255 e. The third-order valence-electron chi connectivity index (χ3n) is 6.20. The lowest BCUT2D eigenvalue weighted by molar-refractivity contribution is 0.0693. The van der Waals surface area contributed by atoms with Gasteiger partial charge in [0, 0.05) is 17.6 Å². The molecule has 2 aromatic rings. The molecule has 1 saturated heterocycles. The van der Waals surface area contributed by atoms with Gasteiger partial charge in [-0.15, -0.1) is 0 Å². The molecule has 156 valence electrons. The fraction of sp³-hybridized carbons (Fsp3) is 0.391. The zero-order valence-corrected chi connectivity index (χ0v) is 18.3. The zero-order valence-electron chi connectivity index (χ0n) is 16.7. The summed E-state index contributed by atoms with van der Waals surface area (Å²) in [6.45, 7) is 4.07. The van der Waals surface area contributed by atoms with Crippen molar-refractivity contribution >= 4 is 27.7 Å². The van der Waals surface area contributed by atoms with E-state index in [1.165, 1.54) is 0 Å². The summed E-state index contributed by atoms with van der Waals surface area (Å²) in [6.07, 6.45) is 1.12. The fourth-order valence-electron chi connectivity index (χ4n) is 4.57. The van der Waals surface area contributed by atoms with Crippen molar-refractivity contribution in [3.8, 4) is 11.5 Å². The van der Waals surface area contributed by atoms with E-state index in [1.54, 1.807) is 18.2 Å². The minimum atomic E-state index is -0.203. The van der Waals surface area contributed by atoms with Gasteiger partial charge in [-0.05, 0) is 65.4 Å². The van der Waals surface area contributed by atoms with Gasteiger partial charge >= 0.3 is 0 Å². The van der Waals surface area contributed by atoms with Gasteiger partial charge in [0.05, 0.1) is 17.2 Å². The average molecular weight is 471 g/mol. The number of nitrogens with one attached hydrogen (secondary N) is 1. The molecule has 1 saturated carbocycles. The first-order valence-electron chi connectivity index (χ1n) is 10.3. The van der Waals surface area contributed by atoms with Gasteiger partial charge in [0.15, 0.2) is 11.5 Å². The number of amides is 2. The van der Waals surface area contributed by atoms with Gasteiger partial charge in [-0.25, -0.2) is 0 Å². The number of hydrogen-bond donors (Lipinski definition) is 1. The normalized spacial score (nSPS) is 23.7. The molecule has 1 N–H and O–H groups in total. The molecule has 2 heterocycles. The van der Waals surface area contributed by atoms with Crippen molar-refractivity contribution in [3.05, 3.63) is 57.6 Å². The summed E-state index contributed by atoms with van der Waals surface area (Å²) >= 11 is 3.51. The monoisotopic (exact) mass is 470 g/mol. The molecule has 2 amide bonds. The number of carbonyl (C=O) groups is 2. The van der Waals surface area contributed by atoms with Crippen LogP contribution in [0.15, 0.2) is 40.9 Å². The maximum atomic E-state index is 13.2. The standard InChI is InChI=1S/C23H23BrN2O4/c1-13-5-6-18(24)17(9-13)23(28)26-12-14-10-16(14)19(26)11-25-22(27)15-3-2-4-20-21(15)30-8-7-29-20/h2-6,9,14,16,19H,7-8,10-12H2,1H3,(H,25,27)/t14-,16-,19-/m1/s1. The van der Waals surface area contributed by atoms with Gasteiger partial charge in [0.2, 0.25) is 0 Å². The number of aryl methyl sites for hydroxylation is 1. The van der Waals surface area contributed by atoms with Crippen molar-refractivity contribution < 1.29 is 19.1 Å². The Bertz CT molecular complexity index is 1020. The minimum absolute atomic E-state index is 0.00979. The SMILES string of the molecule is Cc1ccc(Br)c(C(=O)N2C[C@H]3C[C@H]3[C@H]2CNC(=O)c2cccc3c2OCCO3)c1. The molecule has 6 nitrogen and oxygen atoms in total. The van der Waals surface area contributed by atoms with Gasteiger partial charge in [-0.2, -0.15) is 0 Å². The van der Waals surface area contributed by atoms with Gasteiger partial charge in [-0.1, -0.05) is 17.7 Å². The van der Waals surface area contributed by atoms with Crippen molar-refractivity contribution in [2.24, 2.45) is 11.8 Å². The summed E-state index contributed by atoms with van der Waals surface area (Å²) in [5.41, 5.74) is 2.19. The Labute approximate surface area is 183 Å². The van der Waals surface area contributed by atoms with Crippen LogP contribution in [-0.2, 0) is 0 Å². The van der Waals surface area contributed by atoms with Gasteiger partial charge < -0.3 is 19.7 Å². The lowest BCUT2D eigenvalue weighted by atomic mass is 10.1. The van der Waals surface area contributed by atoms with E-state index >= 15 is 0 Å². The summed E-state index contributed by atoms with van der Waals surface area (Å²) in [6, 6.07) is 11.2. The molecule has 2 fully saturated rings. The number of hydrogen-bond acceptors (Lipinski definition) is 4. The molecule has 0 bridgehead atoms. The predicted molar refractivity (Wildman–Crippen MR) is 115 cm³/mol. The van der Waals surface area contributed by atoms with Crippen LogP contribution in [0.1, 0.15) is 32.7 Å². The van der Waals surface area contributed by atoms with Gasteiger partial charge in [0.1, 0.15) is 13.2 Å². The van der Waals surface area contributed by atoms with Crippen LogP contribution in [0.3, 0.4) is 0 Å². The van der Waals surface area contributed by atoms with Crippen LogP contribution in [0.25, 0.3) is 0 Å². The number of carbonyl (C=O) groups excluding carboxylic acids is 2. The second-order valence-corrected chi connectivity index (χ2v) is 9.06. The van der Waals surface area contributed by atoms with E-state index in [0.717, 1.165) is 23.0 Å². The number of halogens is 1. The number of piperidine rings is 1. The third-order valence-corrected chi connectivity index (χ3v) is 6.89. The van der Waals surface area contributed by atoms with E-state index in [1.807, 2.05) is 30.0 Å². The number of para-hydroxylation sites is 1. The zero-order chi connectivity index (χ0) is 20.8. The Morgan fingerprint density at radius 3 is 2.87 bits per heavy atom. The van der Waals surface area contributed by atoms with Crippen molar-refractivity contribution in [3.63, 3.8) is 0 Å². The average Bonchev–Trinajstić information content (AvgIpc) is 3.44. The highest BCUT2D eigenvalue weighted by Gasteiger charge is 2.54. The Morgan fingerprint density at radius 2 is 2.00 bits per heavy atom.